The highest BCUT2D eigenvalue weighted by atomic mass is 32.2. The second kappa shape index (κ2) is 9.28. The predicted molar refractivity (Wildman–Crippen MR) is 110 cm³/mol. The van der Waals surface area contributed by atoms with Crippen LogP contribution in [0.1, 0.15) is 12.8 Å². The third-order valence-corrected chi connectivity index (χ3v) is 5.18. The van der Waals surface area contributed by atoms with Crippen LogP contribution in [-0.4, -0.2) is 30.7 Å². The molecule has 1 heterocycles. The first-order valence-electron chi connectivity index (χ1n) is 8.83. The number of thioether (sulfide) groups is 1. The molecule has 0 aromatic heterocycles. The lowest BCUT2D eigenvalue weighted by atomic mass is 10.3. The van der Waals surface area contributed by atoms with Crippen LogP contribution in [0.15, 0.2) is 66.1 Å². The van der Waals surface area contributed by atoms with E-state index in [0.29, 0.717) is 12.2 Å². The molecule has 1 aliphatic heterocycles. The zero-order valence-corrected chi connectivity index (χ0v) is 15.8. The van der Waals surface area contributed by atoms with Gasteiger partial charge in [0.1, 0.15) is 5.75 Å². The van der Waals surface area contributed by atoms with E-state index in [1.165, 1.54) is 0 Å². The number of carbonyl (C=O) groups excluding carboxylic acids is 2. The maximum absolute atomic E-state index is 12.2. The normalized spacial score (nSPS) is 13.5. The predicted octanol–water partition coefficient (Wildman–Crippen LogP) is 4.11. The molecule has 0 spiro atoms. The van der Waals surface area contributed by atoms with Crippen molar-refractivity contribution in [2.75, 3.05) is 29.1 Å². The van der Waals surface area contributed by atoms with Gasteiger partial charge in [0.25, 0.3) is 5.91 Å². The summed E-state index contributed by atoms with van der Waals surface area (Å²) in [6.45, 7) is 4.39. The van der Waals surface area contributed by atoms with E-state index in [1.54, 1.807) is 28.8 Å². The summed E-state index contributed by atoms with van der Waals surface area (Å²) in [6, 6.07) is 14.9. The van der Waals surface area contributed by atoms with Crippen molar-refractivity contribution in [3.05, 3.63) is 61.2 Å². The molecule has 3 rings (SSSR count). The van der Waals surface area contributed by atoms with Gasteiger partial charge in [-0.15, -0.1) is 18.3 Å². The molecule has 1 aliphatic rings. The Labute approximate surface area is 163 Å². The van der Waals surface area contributed by atoms with Crippen LogP contribution in [0.25, 0.3) is 0 Å². The Morgan fingerprint density at radius 1 is 1.22 bits per heavy atom. The van der Waals surface area contributed by atoms with Crippen molar-refractivity contribution in [2.45, 2.75) is 17.7 Å². The molecule has 6 heteroatoms. The Morgan fingerprint density at radius 2 is 2.00 bits per heavy atom. The molecule has 0 atom stereocenters. The van der Waals surface area contributed by atoms with E-state index < -0.39 is 0 Å². The molecule has 5 nitrogen and oxygen atoms in total. The van der Waals surface area contributed by atoms with Crippen LogP contribution in [0.2, 0.25) is 0 Å². The SMILES string of the molecule is C=CCSc1ccccc1NC(=O)COc1ccc(N2CCCC2=O)cc1. The Morgan fingerprint density at radius 3 is 2.70 bits per heavy atom. The highest BCUT2D eigenvalue weighted by Gasteiger charge is 2.21. The molecular formula is C21H22N2O3S. The fourth-order valence-corrected chi connectivity index (χ4v) is 3.57. The van der Waals surface area contributed by atoms with Crippen LogP contribution in [0.4, 0.5) is 11.4 Å². The molecule has 0 bridgehead atoms. The van der Waals surface area contributed by atoms with Crippen molar-refractivity contribution >= 4 is 35.0 Å². The molecule has 0 saturated carbocycles. The number of anilines is 2. The lowest BCUT2D eigenvalue weighted by molar-refractivity contribution is -0.118. The van der Waals surface area contributed by atoms with E-state index in [2.05, 4.69) is 11.9 Å². The van der Waals surface area contributed by atoms with Crippen molar-refractivity contribution in [1.82, 2.24) is 0 Å². The first-order chi connectivity index (χ1) is 13.2. The number of nitrogens with one attached hydrogen (secondary N) is 1. The minimum absolute atomic E-state index is 0.0809. The van der Waals surface area contributed by atoms with Crippen LogP contribution >= 0.6 is 11.8 Å². The van der Waals surface area contributed by atoms with Gasteiger partial charge < -0.3 is 15.0 Å². The summed E-state index contributed by atoms with van der Waals surface area (Å²) in [7, 11) is 0. The van der Waals surface area contributed by atoms with Crippen molar-refractivity contribution in [1.29, 1.82) is 0 Å². The third-order valence-electron chi connectivity index (χ3n) is 4.11. The number of hydrogen-bond acceptors (Lipinski definition) is 4. The minimum Gasteiger partial charge on any atom is -0.484 e. The van der Waals surface area contributed by atoms with Gasteiger partial charge >= 0.3 is 0 Å². The average molecular weight is 382 g/mol. The van der Waals surface area contributed by atoms with Crippen LogP contribution in [-0.2, 0) is 9.59 Å². The highest BCUT2D eigenvalue weighted by molar-refractivity contribution is 7.99. The van der Waals surface area contributed by atoms with Gasteiger partial charge in [-0.05, 0) is 42.8 Å². The van der Waals surface area contributed by atoms with Crippen molar-refractivity contribution in [3.8, 4) is 5.75 Å². The number of rotatable bonds is 8. The average Bonchev–Trinajstić information content (AvgIpc) is 3.12. The molecule has 2 amide bonds. The minimum atomic E-state index is -0.222. The summed E-state index contributed by atoms with van der Waals surface area (Å²) in [5.41, 5.74) is 1.63. The topological polar surface area (TPSA) is 58.6 Å². The van der Waals surface area contributed by atoms with Crippen LogP contribution in [0.3, 0.4) is 0 Å². The summed E-state index contributed by atoms with van der Waals surface area (Å²) >= 11 is 1.61. The molecule has 1 fully saturated rings. The number of nitrogens with zero attached hydrogens (tertiary/aromatic N) is 1. The quantitative estimate of drug-likeness (QED) is 0.551. The fourth-order valence-electron chi connectivity index (χ4n) is 2.82. The number of ether oxygens (including phenoxy) is 1. The highest BCUT2D eigenvalue weighted by Crippen LogP contribution is 2.27. The summed E-state index contributed by atoms with van der Waals surface area (Å²) in [6.07, 6.45) is 3.32. The molecule has 1 N–H and O–H groups in total. The number of amides is 2. The molecule has 0 aliphatic carbocycles. The molecular weight excluding hydrogens is 360 g/mol. The summed E-state index contributed by atoms with van der Waals surface area (Å²) in [4.78, 5) is 26.8. The van der Waals surface area contributed by atoms with Crippen LogP contribution in [0, 0.1) is 0 Å². The maximum atomic E-state index is 12.2. The van der Waals surface area contributed by atoms with Gasteiger partial charge in [0.05, 0.1) is 5.69 Å². The number of para-hydroxylation sites is 1. The molecule has 2 aromatic rings. The monoisotopic (exact) mass is 382 g/mol. The Kier molecular flexibility index (Phi) is 6.54. The van der Waals surface area contributed by atoms with Gasteiger partial charge in [-0.1, -0.05) is 18.2 Å². The largest absolute Gasteiger partial charge is 0.484 e. The molecule has 0 radical (unpaired) electrons. The van der Waals surface area contributed by atoms with E-state index in [4.69, 9.17) is 4.74 Å². The Bertz CT molecular complexity index is 820. The molecule has 1 saturated heterocycles. The lowest BCUT2D eigenvalue weighted by Crippen LogP contribution is -2.23. The van der Waals surface area contributed by atoms with Crippen LogP contribution in [0.5, 0.6) is 5.75 Å². The van der Waals surface area contributed by atoms with E-state index in [0.717, 1.165) is 35.0 Å². The zero-order chi connectivity index (χ0) is 19.1. The first kappa shape index (κ1) is 19.0. The molecule has 2 aromatic carbocycles. The van der Waals surface area contributed by atoms with E-state index in [9.17, 15) is 9.59 Å². The first-order valence-corrected chi connectivity index (χ1v) is 9.82. The van der Waals surface area contributed by atoms with Gasteiger partial charge in [0, 0.05) is 29.3 Å². The lowest BCUT2D eigenvalue weighted by Gasteiger charge is -2.16. The van der Waals surface area contributed by atoms with Crippen LogP contribution < -0.4 is 15.0 Å². The number of benzene rings is 2. The Hall–Kier alpha value is -2.73. The zero-order valence-electron chi connectivity index (χ0n) is 15.0. The van der Waals surface area contributed by atoms with E-state index in [-0.39, 0.29) is 18.4 Å². The third kappa shape index (κ3) is 5.14. The summed E-state index contributed by atoms with van der Waals surface area (Å²) < 4.78 is 5.57. The summed E-state index contributed by atoms with van der Waals surface area (Å²) in [5, 5.41) is 2.88. The number of hydrogen-bond donors (Lipinski definition) is 1. The second-order valence-corrected chi connectivity index (χ2v) is 7.14. The van der Waals surface area contributed by atoms with Gasteiger partial charge in [-0.25, -0.2) is 0 Å². The Balaban J connectivity index is 1.53. The van der Waals surface area contributed by atoms with Gasteiger partial charge in [0.15, 0.2) is 6.61 Å². The maximum Gasteiger partial charge on any atom is 0.262 e. The number of carbonyl (C=O) groups is 2. The molecule has 140 valence electrons. The van der Waals surface area contributed by atoms with Gasteiger partial charge in [-0.3, -0.25) is 9.59 Å². The smallest absolute Gasteiger partial charge is 0.262 e. The van der Waals surface area contributed by atoms with Crippen molar-refractivity contribution in [2.24, 2.45) is 0 Å². The van der Waals surface area contributed by atoms with Crippen molar-refractivity contribution < 1.29 is 14.3 Å². The molecule has 0 unspecified atom stereocenters. The van der Waals surface area contributed by atoms with Gasteiger partial charge in [0.2, 0.25) is 5.91 Å². The van der Waals surface area contributed by atoms with Crippen molar-refractivity contribution in [3.63, 3.8) is 0 Å². The summed E-state index contributed by atoms with van der Waals surface area (Å²) in [5.74, 6) is 1.29. The second-order valence-electron chi connectivity index (χ2n) is 6.08. The standard InChI is InChI=1S/C21H22N2O3S/c1-2-14-27-19-7-4-3-6-18(19)22-20(24)15-26-17-11-9-16(10-12-17)23-13-5-8-21(23)25/h2-4,6-7,9-12H,1,5,8,13-15H2,(H,22,24). The van der Waals surface area contributed by atoms with E-state index >= 15 is 0 Å². The molecule has 27 heavy (non-hydrogen) atoms. The van der Waals surface area contributed by atoms with E-state index in [1.807, 2.05) is 42.5 Å². The van der Waals surface area contributed by atoms with Gasteiger partial charge in [-0.2, -0.15) is 0 Å². The fraction of sp³-hybridized carbons (Fsp3) is 0.238.